The second-order valence-corrected chi connectivity index (χ2v) is 7.03. The van der Waals surface area contributed by atoms with E-state index in [1.54, 1.807) is 24.3 Å². The summed E-state index contributed by atoms with van der Waals surface area (Å²) in [5, 5.41) is 20.5. The molecule has 1 heterocycles. The molecule has 0 radical (unpaired) electrons. The molecule has 0 saturated carbocycles. The highest BCUT2D eigenvalue weighted by Gasteiger charge is 2.19. The van der Waals surface area contributed by atoms with Crippen LogP contribution in [0, 0.1) is 13.8 Å². The van der Waals surface area contributed by atoms with Gasteiger partial charge in [0.1, 0.15) is 5.75 Å². The Balaban J connectivity index is 1.80. The molecule has 140 valence electrons. The number of amides is 1. The predicted molar refractivity (Wildman–Crippen MR) is 106 cm³/mol. The van der Waals surface area contributed by atoms with Gasteiger partial charge in [0.25, 0.3) is 0 Å². The van der Waals surface area contributed by atoms with Crippen LogP contribution in [0.3, 0.4) is 0 Å². The number of carbonyl (C=O) groups is 1. The van der Waals surface area contributed by atoms with Crippen LogP contribution in [0.5, 0.6) is 5.75 Å². The normalized spacial score (nSPS) is 12.0. The third-order valence-corrected chi connectivity index (χ3v) is 4.89. The number of nitrogens with zero attached hydrogens (tertiary/aromatic N) is 1. The van der Waals surface area contributed by atoms with E-state index in [2.05, 4.69) is 15.5 Å². The van der Waals surface area contributed by atoms with E-state index in [-0.39, 0.29) is 24.0 Å². The van der Waals surface area contributed by atoms with Crippen LogP contribution in [-0.2, 0) is 11.3 Å². The Bertz CT molecular complexity index is 887. The molecule has 0 fully saturated rings. The monoisotopic (exact) mass is 383 g/mol. The average Bonchev–Trinajstić information content (AvgIpc) is 2.96. The van der Waals surface area contributed by atoms with Gasteiger partial charge < -0.3 is 10.4 Å². The van der Waals surface area contributed by atoms with E-state index in [1.807, 2.05) is 38.1 Å². The zero-order valence-electron chi connectivity index (χ0n) is 15.3. The number of aromatic amines is 1. The minimum Gasteiger partial charge on any atom is -0.508 e. The number of carbonyl (C=O) groups excluding carboxylic acids is 1. The molecule has 0 unspecified atom stereocenters. The first-order valence-corrected chi connectivity index (χ1v) is 9.13. The number of aromatic hydroxyl groups is 1. The molecule has 2 aromatic carbocycles. The van der Waals surface area contributed by atoms with Gasteiger partial charge in [0.15, 0.2) is 0 Å². The maximum atomic E-state index is 12.7. The first-order chi connectivity index (χ1) is 12.9. The van der Waals surface area contributed by atoms with Crippen molar-refractivity contribution in [1.29, 1.82) is 0 Å². The Morgan fingerprint density at radius 3 is 2.52 bits per heavy atom. The Labute approximate surface area is 163 Å². The van der Waals surface area contributed by atoms with Crippen molar-refractivity contribution in [3.05, 3.63) is 81.6 Å². The second-order valence-electron chi connectivity index (χ2n) is 6.60. The first-order valence-electron chi connectivity index (χ1n) is 8.75. The minimum absolute atomic E-state index is 0.0803. The average molecular weight is 384 g/mol. The second kappa shape index (κ2) is 8.27. The van der Waals surface area contributed by atoms with E-state index >= 15 is 0 Å². The van der Waals surface area contributed by atoms with Gasteiger partial charge in [0, 0.05) is 35.2 Å². The van der Waals surface area contributed by atoms with Crippen molar-refractivity contribution >= 4 is 17.5 Å². The van der Waals surface area contributed by atoms with Crippen molar-refractivity contribution in [2.75, 3.05) is 0 Å². The van der Waals surface area contributed by atoms with Crippen molar-refractivity contribution < 1.29 is 9.90 Å². The molecule has 1 amide bonds. The molecular formula is C21H22ClN3O2. The summed E-state index contributed by atoms with van der Waals surface area (Å²) in [7, 11) is 0. The number of aromatic nitrogens is 2. The van der Waals surface area contributed by atoms with Crippen LogP contribution in [-0.4, -0.2) is 21.2 Å². The molecule has 0 spiro atoms. The van der Waals surface area contributed by atoms with Gasteiger partial charge in [-0.1, -0.05) is 35.9 Å². The topological polar surface area (TPSA) is 78.0 Å². The summed E-state index contributed by atoms with van der Waals surface area (Å²) in [4.78, 5) is 12.7. The fraction of sp³-hybridized carbons (Fsp3) is 0.238. The molecule has 27 heavy (non-hydrogen) atoms. The number of aryl methyl sites for hydroxylation is 2. The van der Waals surface area contributed by atoms with Crippen LogP contribution < -0.4 is 5.32 Å². The van der Waals surface area contributed by atoms with E-state index in [0.29, 0.717) is 11.6 Å². The fourth-order valence-electron chi connectivity index (χ4n) is 3.17. The summed E-state index contributed by atoms with van der Waals surface area (Å²) in [6.45, 7) is 4.27. The molecule has 0 aliphatic carbocycles. The van der Waals surface area contributed by atoms with Crippen molar-refractivity contribution in [3.8, 4) is 5.75 Å². The number of benzene rings is 2. The molecule has 3 N–H and O–H groups in total. The van der Waals surface area contributed by atoms with Crippen LogP contribution in [0.1, 0.15) is 40.4 Å². The van der Waals surface area contributed by atoms with E-state index < -0.39 is 0 Å². The molecule has 6 heteroatoms. The molecule has 1 aromatic heterocycles. The maximum Gasteiger partial charge on any atom is 0.221 e. The first kappa shape index (κ1) is 19.0. The van der Waals surface area contributed by atoms with Gasteiger partial charge >= 0.3 is 0 Å². The number of halogens is 1. The summed E-state index contributed by atoms with van der Waals surface area (Å²) in [5.74, 6) is -0.116. The summed E-state index contributed by atoms with van der Waals surface area (Å²) in [5.41, 5.74) is 4.63. The lowest BCUT2D eigenvalue weighted by Gasteiger charge is -2.18. The molecular weight excluding hydrogens is 362 g/mol. The lowest BCUT2D eigenvalue weighted by molar-refractivity contribution is -0.121. The van der Waals surface area contributed by atoms with E-state index in [1.165, 1.54) is 0 Å². The Morgan fingerprint density at radius 2 is 1.89 bits per heavy atom. The number of nitrogens with one attached hydrogen (secondary N) is 2. The Hall–Kier alpha value is -2.79. The highest BCUT2D eigenvalue weighted by atomic mass is 35.5. The van der Waals surface area contributed by atoms with Crippen LogP contribution in [0.2, 0.25) is 5.02 Å². The van der Waals surface area contributed by atoms with Crippen molar-refractivity contribution in [2.24, 2.45) is 0 Å². The zero-order chi connectivity index (χ0) is 19.4. The van der Waals surface area contributed by atoms with Gasteiger partial charge in [-0.25, -0.2) is 0 Å². The molecule has 0 saturated heterocycles. The predicted octanol–water partition coefficient (Wildman–Crippen LogP) is 4.22. The van der Waals surface area contributed by atoms with Gasteiger partial charge in [-0.05, 0) is 49.2 Å². The SMILES string of the molecule is Cc1n[nH]c(C)c1CNC(=O)C[C@H](c1cccc(O)c1)c1cccc(Cl)c1. The molecule has 3 aromatic rings. The fourth-order valence-corrected chi connectivity index (χ4v) is 3.37. The lowest BCUT2D eigenvalue weighted by atomic mass is 9.88. The van der Waals surface area contributed by atoms with Crippen LogP contribution >= 0.6 is 11.6 Å². The lowest BCUT2D eigenvalue weighted by Crippen LogP contribution is -2.25. The summed E-state index contributed by atoms with van der Waals surface area (Å²) >= 11 is 6.15. The van der Waals surface area contributed by atoms with Crippen molar-refractivity contribution in [2.45, 2.75) is 32.7 Å². The van der Waals surface area contributed by atoms with E-state index in [4.69, 9.17) is 11.6 Å². The minimum atomic E-state index is -0.206. The summed E-state index contributed by atoms with van der Waals surface area (Å²) < 4.78 is 0. The molecule has 5 nitrogen and oxygen atoms in total. The Morgan fingerprint density at radius 1 is 1.19 bits per heavy atom. The number of H-pyrrole nitrogens is 1. The summed E-state index contributed by atoms with van der Waals surface area (Å²) in [6, 6.07) is 14.4. The quantitative estimate of drug-likeness (QED) is 0.596. The van der Waals surface area contributed by atoms with Gasteiger partial charge in [-0.3, -0.25) is 9.89 Å². The van der Waals surface area contributed by atoms with Gasteiger partial charge in [0.05, 0.1) is 5.69 Å². The third-order valence-electron chi connectivity index (χ3n) is 4.66. The Kier molecular flexibility index (Phi) is 5.81. The maximum absolute atomic E-state index is 12.7. The third kappa shape index (κ3) is 4.68. The highest BCUT2D eigenvalue weighted by Crippen LogP contribution is 2.31. The van der Waals surface area contributed by atoms with Crippen molar-refractivity contribution in [1.82, 2.24) is 15.5 Å². The smallest absolute Gasteiger partial charge is 0.221 e. The number of phenols is 1. The van der Waals surface area contributed by atoms with E-state index in [9.17, 15) is 9.90 Å². The number of phenolic OH excluding ortho intramolecular Hbond substituents is 1. The standard InChI is InChI=1S/C21H22ClN3O2/c1-13-20(14(2)25-24-13)12-23-21(27)11-19(15-5-3-7-17(22)9-15)16-6-4-8-18(26)10-16/h3-10,19,26H,11-12H2,1-2H3,(H,23,27)(H,24,25)/t19-/m0/s1. The molecule has 0 aliphatic heterocycles. The van der Waals surface area contributed by atoms with Crippen molar-refractivity contribution in [3.63, 3.8) is 0 Å². The van der Waals surface area contributed by atoms with Crippen LogP contribution in [0.25, 0.3) is 0 Å². The number of hydrogen-bond acceptors (Lipinski definition) is 3. The number of hydrogen-bond donors (Lipinski definition) is 3. The molecule has 3 rings (SSSR count). The molecule has 0 aliphatic rings. The van der Waals surface area contributed by atoms with Gasteiger partial charge in [-0.15, -0.1) is 0 Å². The van der Waals surface area contributed by atoms with Gasteiger partial charge in [-0.2, -0.15) is 5.10 Å². The largest absolute Gasteiger partial charge is 0.508 e. The van der Waals surface area contributed by atoms with Crippen LogP contribution in [0.15, 0.2) is 48.5 Å². The number of rotatable bonds is 6. The van der Waals surface area contributed by atoms with Crippen LogP contribution in [0.4, 0.5) is 0 Å². The molecule has 1 atom stereocenters. The molecule has 0 bridgehead atoms. The van der Waals surface area contributed by atoms with Gasteiger partial charge in [0.2, 0.25) is 5.91 Å². The van der Waals surface area contributed by atoms with E-state index in [0.717, 1.165) is 28.1 Å². The highest BCUT2D eigenvalue weighted by molar-refractivity contribution is 6.30. The zero-order valence-corrected chi connectivity index (χ0v) is 16.0. The summed E-state index contributed by atoms with van der Waals surface area (Å²) in [6.07, 6.45) is 0.250.